The van der Waals surface area contributed by atoms with Gasteiger partial charge in [0.15, 0.2) is 53.1 Å². The average molecular weight is 695 g/mol. The van der Waals surface area contributed by atoms with Crippen molar-refractivity contribution >= 4 is 83.6 Å². The van der Waals surface area contributed by atoms with Crippen molar-refractivity contribution in [2.75, 3.05) is 24.7 Å². The second-order valence-electron chi connectivity index (χ2n) is 9.55. The fraction of sp³-hybridized carbons (Fsp3) is 0.526. The molecule has 4 aromatic heterocycles. The number of aromatic amines is 1. The number of imidazole rings is 1. The molecule has 0 spiro atoms. The van der Waals surface area contributed by atoms with Crippen LogP contribution in [0.5, 0.6) is 0 Å². The van der Waals surface area contributed by atoms with Gasteiger partial charge >= 0.3 is 7.23 Å². The van der Waals surface area contributed by atoms with Crippen LogP contribution in [0.2, 0.25) is 0 Å². The van der Waals surface area contributed by atoms with Gasteiger partial charge in [0, 0.05) is 5.25 Å². The van der Waals surface area contributed by atoms with E-state index in [2.05, 4.69) is 47.5 Å². The molecule has 9 atom stereocenters. The summed E-state index contributed by atoms with van der Waals surface area (Å²) >= 11 is 10.6. The number of alkyl halides is 1. The molecule has 0 radical (unpaired) electrons. The fourth-order valence-electron chi connectivity index (χ4n) is 5.01. The molecule has 7 N–H and O–H groups in total. The summed E-state index contributed by atoms with van der Waals surface area (Å²) in [6, 6.07) is 0. The predicted molar refractivity (Wildman–Crippen MR) is 159 cm³/mol. The SMILES string of the molecule is Nc1nc2c(ncn2C2SC(CO)CC2P(O)(=S)OCC2OC(n3nnc4c(N)ncnc43)C(F)C2O[P+](=O)S)c(=O)[nH]1. The highest BCUT2D eigenvalue weighted by Gasteiger charge is 2.53. The van der Waals surface area contributed by atoms with E-state index in [9.17, 15) is 19.4 Å². The lowest BCUT2D eigenvalue weighted by Crippen LogP contribution is -2.33. The highest BCUT2D eigenvalue weighted by atomic mass is 32.7. The van der Waals surface area contributed by atoms with Crippen molar-refractivity contribution in [1.82, 2.24) is 44.5 Å². The summed E-state index contributed by atoms with van der Waals surface area (Å²) in [7, 11) is -2.58. The quantitative estimate of drug-likeness (QED) is 0.102. The van der Waals surface area contributed by atoms with Gasteiger partial charge in [0.2, 0.25) is 5.95 Å². The lowest BCUT2D eigenvalue weighted by molar-refractivity contribution is -0.0444. The summed E-state index contributed by atoms with van der Waals surface area (Å²) in [6.45, 7) is -4.46. The molecule has 9 unspecified atom stereocenters. The Balaban J connectivity index is 1.26. The summed E-state index contributed by atoms with van der Waals surface area (Å²) in [5.41, 5.74) is 10.6. The van der Waals surface area contributed by atoms with Crippen molar-refractivity contribution in [3.63, 3.8) is 0 Å². The first-order chi connectivity index (χ1) is 20.5. The molecule has 0 bridgehead atoms. The molecule has 18 nitrogen and oxygen atoms in total. The van der Waals surface area contributed by atoms with Crippen molar-refractivity contribution in [2.24, 2.45) is 0 Å². The highest BCUT2D eigenvalue weighted by molar-refractivity contribution is 8.39. The zero-order valence-corrected chi connectivity index (χ0v) is 25.8. The third kappa shape index (κ3) is 5.65. The summed E-state index contributed by atoms with van der Waals surface area (Å²) in [4.78, 5) is 42.4. The Bertz CT molecular complexity index is 1810. The number of fused-ring (bicyclic) bond motifs is 2. The first-order valence-electron chi connectivity index (χ1n) is 12.4. The Labute approximate surface area is 255 Å². The van der Waals surface area contributed by atoms with Gasteiger partial charge in [0.1, 0.15) is 24.7 Å². The van der Waals surface area contributed by atoms with Crippen LogP contribution in [-0.2, 0) is 30.2 Å². The van der Waals surface area contributed by atoms with Crippen LogP contribution in [-0.4, -0.2) is 97.0 Å². The third-order valence-electron chi connectivity index (χ3n) is 6.95. The molecule has 6 heterocycles. The van der Waals surface area contributed by atoms with Crippen LogP contribution >= 0.6 is 37.7 Å². The Hall–Kier alpha value is -2.39. The molecular formula is C19H23FN11O7P2S3+. The van der Waals surface area contributed by atoms with E-state index >= 15 is 4.39 Å². The smallest absolute Gasteiger partial charge is 0.395 e. The third-order valence-corrected chi connectivity index (χ3v) is 12.4. The van der Waals surface area contributed by atoms with E-state index in [1.54, 1.807) is 4.57 Å². The van der Waals surface area contributed by atoms with Crippen LogP contribution in [0.4, 0.5) is 16.2 Å². The predicted octanol–water partition coefficient (Wildman–Crippen LogP) is 0.410. The molecule has 24 heteroatoms. The normalized spacial score (nSPS) is 29.4. The van der Waals surface area contributed by atoms with Crippen molar-refractivity contribution in [3.8, 4) is 0 Å². The number of nitrogen functional groups attached to an aromatic ring is 2. The second-order valence-corrected chi connectivity index (χ2v) is 16.3. The lowest BCUT2D eigenvalue weighted by Gasteiger charge is -2.28. The number of nitrogens with one attached hydrogen (secondary N) is 1. The first kappa shape index (κ1) is 30.6. The van der Waals surface area contributed by atoms with E-state index in [0.717, 1.165) is 11.0 Å². The van der Waals surface area contributed by atoms with E-state index in [0.29, 0.717) is 0 Å². The molecule has 2 aliphatic rings. The standard InChI is InChI=1S/C19H22FN11O7P2S3/c20-9-12(38-39(34)41)7(37-17(9)31-14-10(28-29-31)13(21)23-4-24-14)3-36-40(35,42)8-1-6(2-32)43-18(8)30-5-25-11-15(30)26-19(22)27-16(11)33/h4-9,12,17-18,32H,1-3H2,(H6-,21,22,23,24,26,27,29,33,34,35,41,42)/p+1. The maximum Gasteiger partial charge on any atom is 0.582 e. The van der Waals surface area contributed by atoms with Gasteiger partial charge in [0.05, 0.1) is 30.6 Å². The van der Waals surface area contributed by atoms with Gasteiger partial charge in [-0.2, -0.15) is 9.67 Å². The van der Waals surface area contributed by atoms with Crippen LogP contribution in [0.25, 0.3) is 22.3 Å². The lowest BCUT2D eigenvalue weighted by atomic mass is 10.1. The Morgan fingerprint density at radius 1 is 1.33 bits per heavy atom. The molecule has 0 saturated carbocycles. The van der Waals surface area contributed by atoms with E-state index in [1.807, 2.05) is 0 Å². The highest BCUT2D eigenvalue weighted by Crippen LogP contribution is 2.62. The number of hydrogen-bond acceptors (Lipinski definition) is 16. The van der Waals surface area contributed by atoms with Gasteiger partial charge in [-0.15, -0.1) is 21.4 Å². The number of anilines is 2. The number of ether oxygens (including phenoxy) is 1. The number of nitrogens with zero attached hydrogens (tertiary/aromatic N) is 8. The number of aliphatic hydroxyl groups excluding tert-OH is 1. The zero-order valence-electron chi connectivity index (χ0n) is 21.5. The molecule has 230 valence electrons. The largest absolute Gasteiger partial charge is 0.582 e. The first-order valence-corrected chi connectivity index (χ1v) is 18.4. The Morgan fingerprint density at radius 2 is 2.12 bits per heavy atom. The minimum Gasteiger partial charge on any atom is -0.395 e. The van der Waals surface area contributed by atoms with Crippen molar-refractivity contribution in [2.45, 2.75) is 47.3 Å². The average Bonchev–Trinajstić information content (AvgIpc) is 3.73. The molecule has 6 rings (SSSR count). The Kier molecular flexibility index (Phi) is 8.44. The van der Waals surface area contributed by atoms with Crippen LogP contribution < -0.4 is 17.0 Å². The molecule has 0 aliphatic carbocycles. The van der Waals surface area contributed by atoms with Gasteiger partial charge in [0.25, 0.3) is 5.56 Å². The van der Waals surface area contributed by atoms with Gasteiger partial charge in [-0.05, 0) is 22.8 Å². The van der Waals surface area contributed by atoms with Crippen molar-refractivity contribution in [3.05, 3.63) is 23.0 Å². The van der Waals surface area contributed by atoms with Crippen LogP contribution in [0.1, 0.15) is 18.0 Å². The van der Waals surface area contributed by atoms with Gasteiger partial charge in [-0.1, -0.05) is 5.21 Å². The van der Waals surface area contributed by atoms with Gasteiger partial charge in [-0.25, -0.2) is 19.3 Å². The molecule has 2 saturated heterocycles. The van der Waals surface area contributed by atoms with Crippen molar-refractivity contribution in [1.29, 1.82) is 0 Å². The second kappa shape index (κ2) is 11.8. The maximum atomic E-state index is 15.7. The fourth-order valence-corrected chi connectivity index (χ4v) is 10.6. The number of thiol groups is 1. The number of thioether (sulfide) groups is 1. The minimum atomic E-state index is -3.76. The summed E-state index contributed by atoms with van der Waals surface area (Å²) in [6.07, 6.45) is -3.32. The van der Waals surface area contributed by atoms with Crippen LogP contribution in [0.15, 0.2) is 17.4 Å². The molecule has 2 aliphatic heterocycles. The van der Waals surface area contributed by atoms with Crippen molar-refractivity contribution < 1.29 is 32.7 Å². The number of aromatic nitrogens is 9. The summed E-state index contributed by atoms with van der Waals surface area (Å²) in [5.74, 6) is -0.108. The van der Waals surface area contributed by atoms with E-state index < -0.39 is 61.5 Å². The number of nitrogens with two attached hydrogens (primary N) is 2. The summed E-state index contributed by atoms with van der Waals surface area (Å²) < 4.78 is 47.2. The van der Waals surface area contributed by atoms with Gasteiger partial charge in [-0.3, -0.25) is 9.78 Å². The molecular weight excluding hydrogens is 671 g/mol. The number of aliphatic hydroxyl groups is 1. The van der Waals surface area contributed by atoms with E-state index in [4.69, 9.17) is 37.1 Å². The molecule has 2 fully saturated rings. The monoisotopic (exact) mass is 694 g/mol. The molecule has 43 heavy (non-hydrogen) atoms. The zero-order chi connectivity index (χ0) is 30.6. The van der Waals surface area contributed by atoms with E-state index in [-0.39, 0.29) is 52.4 Å². The molecule has 4 aromatic rings. The molecule has 0 amide bonds. The molecule has 0 aromatic carbocycles. The minimum absolute atomic E-state index is 0.0232. The number of H-pyrrole nitrogens is 1. The summed E-state index contributed by atoms with van der Waals surface area (Å²) in [5, 5.41) is 16.7. The van der Waals surface area contributed by atoms with Gasteiger partial charge < -0.3 is 35.3 Å². The number of halogens is 1. The number of hydrogen-bond donors (Lipinski definition) is 6. The Morgan fingerprint density at radius 3 is 2.86 bits per heavy atom. The topological polar surface area (TPSA) is 257 Å². The van der Waals surface area contributed by atoms with Crippen LogP contribution in [0.3, 0.4) is 0 Å². The van der Waals surface area contributed by atoms with Crippen LogP contribution in [0, 0.1) is 0 Å². The van der Waals surface area contributed by atoms with E-state index in [1.165, 1.54) is 18.1 Å². The maximum absolute atomic E-state index is 15.7. The number of rotatable bonds is 9.